The number of hydrogen-bond donors (Lipinski definition) is 1. The Hall–Kier alpha value is -1.06. The Labute approximate surface area is 109 Å². The summed E-state index contributed by atoms with van der Waals surface area (Å²) >= 11 is 0. The van der Waals surface area contributed by atoms with Crippen molar-refractivity contribution in [2.45, 2.75) is 31.8 Å². The summed E-state index contributed by atoms with van der Waals surface area (Å²) in [5.74, 6) is 0.883. The zero-order chi connectivity index (χ0) is 13.0. The molecule has 0 radical (unpaired) electrons. The third-order valence-corrected chi connectivity index (χ3v) is 3.42. The summed E-state index contributed by atoms with van der Waals surface area (Å²) in [6, 6.07) is 6.13. The number of benzene rings is 1. The number of aliphatic hydroxyl groups excluding tert-OH is 1. The van der Waals surface area contributed by atoms with Gasteiger partial charge in [-0.2, -0.15) is 0 Å². The molecular weight excluding hydrogens is 226 g/mol. The monoisotopic (exact) mass is 249 g/mol. The van der Waals surface area contributed by atoms with E-state index in [1.54, 1.807) is 0 Å². The van der Waals surface area contributed by atoms with Crippen LogP contribution in [0, 0.1) is 0 Å². The predicted molar refractivity (Wildman–Crippen MR) is 73.0 cm³/mol. The van der Waals surface area contributed by atoms with E-state index in [-0.39, 0.29) is 6.10 Å². The Morgan fingerprint density at radius 3 is 3.00 bits per heavy atom. The van der Waals surface area contributed by atoms with E-state index < -0.39 is 0 Å². The van der Waals surface area contributed by atoms with Crippen molar-refractivity contribution in [3.63, 3.8) is 0 Å². The fourth-order valence-corrected chi connectivity index (χ4v) is 2.41. The molecule has 0 amide bonds. The van der Waals surface area contributed by atoms with Crippen molar-refractivity contribution >= 4 is 0 Å². The SMILES string of the molecule is CN(C)CCCOc1ccc2c(c1)[C@H](O)CCC2. The normalized spacial score (nSPS) is 18.8. The lowest BCUT2D eigenvalue weighted by Crippen LogP contribution is -2.15. The van der Waals surface area contributed by atoms with Gasteiger partial charge in [-0.05, 0) is 63.0 Å². The summed E-state index contributed by atoms with van der Waals surface area (Å²) in [6.45, 7) is 1.76. The number of nitrogens with zero attached hydrogens (tertiary/aromatic N) is 1. The van der Waals surface area contributed by atoms with Crippen LogP contribution in [0.1, 0.15) is 36.5 Å². The first-order chi connectivity index (χ1) is 8.66. The van der Waals surface area contributed by atoms with Crippen LogP contribution >= 0.6 is 0 Å². The van der Waals surface area contributed by atoms with Crippen molar-refractivity contribution in [1.82, 2.24) is 4.90 Å². The molecule has 3 heteroatoms. The van der Waals surface area contributed by atoms with Crippen LogP contribution < -0.4 is 4.74 Å². The highest BCUT2D eigenvalue weighted by molar-refractivity contribution is 5.38. The first-order valence-electron chi connectivity index (χ1n) is 6.75. The molecular formula is C15H23NO2. The van der Waals surface area contributed by atoms with Crippen molar-refractivity contribution in [2.75, 3.05) is 27.2 Å². The minimum Gasteiger partial charge on any atom is -0.494 e. The van der Waals surface area contributed by atoms with E-state index in [4.69, 9.17) is 4.74 Å². The summed E-state index contributed by atoms with van der Waals surface area (Å²) in [6.07, 6.45) is 3.74. The molecule has 0 bridgehead atoms. The smallest absolute Gasteiger partial charge is 0.119 e. The quantitative estimate of drug-likeness (QED) is 0.813. The molecule has 0 spiro atoms. The van der Waals surface area contributed by atoms with Gasteiger partial charge >= 0.3 is 0 Å². The van der Waals surface area contributed by atoms with Crippen LogP contribution in [-0.2, 0) is 6.42 Å². The van der Waals surface area contributed by atoms with Gasteiger partial charge in [0, 0.05) is 6.54 Å². The zero-order valence-corrected chi connectivity index (χ0v) is 11.4. The Bertz CT molecular complexity index is 390. The molecule has 0 aromatic heterocycles. The lowest BCUT2D eigenvalue weighted by molar-refractivity contribution is 0.156. The minimum absolute atomic E-state index is 0.306. The van der Waals surface area contributed by atoms with Crippen LogP contribution in [-0.4, -0.2) is 37.3 Å². The van der Waals surface area contributed by atoms with E-state index in [0.717, 1.165) is 50.1 Å². The third kappa shape index (κ3) is 3.47. The Kier molecular flexibility index (Phi) is 4.61. The molecule has 0 aliphatic heterocycles. The largest absolute Gasteiger partial charge is 0.494 e. The van der Waals surface area contributed by atoms with E-state index in [0.29, 0.717) is 0 Å². The molecule has 0 heterocycles. The van der Waals surface area contributed by atoms with Crippen LogP contribution in [0.25, 0.3) is 0 Å². The fraction of sp³-hybridized carbons (Fsp3) is 0.600. The van der Waals surface area contributed by atoms with E-state index in [2.05, 4.69) is 25.1 Å². The van der Waals surface area contributed by atoms with Crippen molar-refractivity contribution in [3.8, 4) is 5.75 Å². The first-order valence-corrected chi connectivity index (χ1v) is 6.75. The average Bonchev–Trinajstić information content (AvgIpc) is 2.35. The second-order valence-corrected chi connectivity index (χ2v) is 5.27. The first kappa shape index (κ1) is 13.4. The molecule has 0 fully saturated rings. The molecule has 1 aromatic rings. The van der Waals surface area contributed by atoms with Crippen molar-refractivity contribution < 1.29 is 9.84 Å². The van der Waals surface area contributed by atoms with Gasteiger partial charge in [0.2, 0.25) is 0 Å². The fourth-order valence-electron chi connectivity index (χ4n) is 2.41. The molecule has 2 rings (SSSR count). The van der Waals surface area contributed by atoms with Crippen LogP contribution in [0.2, 0.25) is 0 Å². The maximum absolute atomic E-state index is 9.97. The number of aliphatic hydroxyl groups is 1. The minimum atomic E-state index is -0.306. The molecule has 1 atom stereocenters. The van der Waals surface area contributed by atoms with Gasteiger partial charge in [0.15, 0.2) is 0 Å². The van der Waals surface area contributed by atoms with Gasteiger partial charge in [0.1, 0.15) is 5.75 Å². The van der Waals surface area contributed by atoms with Gasteiger partial charge < -0.3 is 14.7 Å². The molecule has 3 nitrogen and oxygen atoms in total. The molecule has 100 valence electrons. The third-order valence-electron chi connectivity index (χ3n) is 3.42. The van der Waals surface area contributed by atoms with E-state index in [1.807, 2.05) is 12.1 Å². The van der Waals surface area contributed by atoms with Gasteiger partial charge in [-0.25, -0.2) is 0 Å². The Morgan fingerprint density at radius 1 is 1.39 bits per heavy atom. The number of fused-ring (bicyclic) bond motifs is 1. The lowest BCUT2D eigenvalue weighted by atomic mass is 9.89. The second kappa shape index (κ2) is 6.21. The molecule has 1 aromatic carbocycles. The topological polar surface area (TPSA) is 32.7 Å². The molecule has 1 N–H and O–H groups in total. The standard InChI is InChI=1S/C15H23NO2/c1-16(2)9-4-10-18-13-8-7-12-5-3-6-15(17)14(12)11-13/h7-8,11,15,17H,3-6,9-10H2,1-2H3/t15-/m1/s1. The number of aryl methyl sites for hydroxylation is 1. The number of rotatable bonds is 5. The van der Waals surface area contributed by atoms with Crippen LogP contribution in [0.3, 0.4) is 0 Å². The van der Waals surface area contributed by atoms with Gasteiger partial charge in [-0.1, -0.05) is 6.07 Å². The Balaban J connectivity index is 1.92. The highest BCUT2D eigenvalue weighted by Crippen LogP contribution is 2.32. The maximum Gasteiger partial charge on any atom is 0.119 e. The number of ether oxygens (including phenoxy) is 1. The summed E-state index contributed by atoms with van der Waals surface area (Å²) in [7, 11) is 4.13. The lowest BCUT2D eigenvalue weighted by Gasteiger charge is -2.22. The average molecular weight is 249 g/mol. The van der Waals surface area contributed by atoms with E-state index >= 15 is 0 Å². The van der Waals surface area contributed by atoms with E-state index in [9.17, 15) is 5.11 Å². The summed E-state index contributed by atoms with van der Waals surface area (Å²) in [5, 5.41) is 9.97. The van der Waals surface area contributed by atoms with Crippen LogP contribution in [0.15, 0.2) is 18.2 Å². The number of hydrogen-bond acceptors (Lipinski definition) is 3. The summed E-state index contributed by atoms with van der Waals surface area (Å²) in [4.78, 5) is 2.15. The zero-order valence-electron chi connectivity index (χ0n) is 11.4. The van der Waals surface area contributed by atoms with E-state index in [1.165, 1.54) is 5.56 Å². The molecule has 0 saturated heterocycles. The van der Waals surface area contributed by atoms with Crippen molar-refractivity contribution in [3.05, 3.63) is 29.3 Å². The molecule has 0 saturated carbocycles. The molecule has 1 aliphatic rings. The van der Waals surface area contributed by atoms with Gasteiger partial charge in [-0.15, -0.1) is 0 Å². The highest BCUT2D eigenvalue weighted by Gasteiger charge is 2.18. The summed E-state index contributed by atoms with van der Waals surface area (Å²) < 4.78 is 5.73. The molecule has 18 heavy (non-hydrogen) atoms. The maximum atomic E-state index is 9.97. The van der Waals surface area contributed by atoms with Crippen molar-refractivity contribution in [1.29, 1.82) is 0 Å². The second-order valence-electron chi connectivity index (χ2n) is 5.27. The molecule has 0 unspecified atom stereocenters. The van der Waals surface area contributed by atoms with Crippen molar-refractivity contribution in [2.24, 2.45) is 0 Å². The van der Waals surface area contributed by atoms with Crippen LogP contribution in [0.5, 0.6) is 5.75 Å². The van der Waals surface area contributed by atoms with Crippen LogP contribution in [0.4, 0.5) is 0 Å². The molecule has 1 aliphatic carbocycles. The highest BCUT2D eigenvalue weighted by atomic mass is 16.5. The summed E-state index contributed by atoms with van der Waals surface area (Å²) in [5.41, 5.74) is 2.33. The van der Waals surface area contributed by atoms with Gasteiger partial charge in [-0.3, -0.25) is 0 Å². The predicted octanol–water partition coefficient (Wildman–Crippen LogP) is 2.39. The van der Waals surface area contributed by atoms with Gasteiger partial charge in [0.05, 0.1) is 12.7 Å². The Morgan fingerprint density at radius 2 is 2.22 bits per heavy atom. The van der Waals surface area contributed by atoms with Gasteiger partial charge in [0.25, 0.3) is 0 Å².